The second-order valence-electron chi connectivity index (χ2n) is 7.28. The van der Waals surface area contributed by atoms with Gasteiger partial charge in [0.15, 0.2) is 5.78 Å². The largest absolute Gasteiger partial charge is 0.325 e. The molecule has 3 aromatic rings. The van der Waals surface area contributed by atoms with E-state index in [1.54, 1.807) is 36.4 Å². The third-order valence-corrected chi connectivity index (χ3v) is 4.81. The Balaban J connectivity index is 1.70. The number of ketones is 1. The van der Waals surface area contributed by atoms with Crippen molar-refractivity contribution in [1.82, 2.24) is 14.9 Å². The number of rotatable bonds is 9. The minimum atomic E-state index is -0.180. The topological polar surface area (TPSA) is 95.2 Å². The number of carbonyl (C=O) groups excluding carboxylic acids is 2. The fraction of sp³-hybridized carbons (Fsp3) is 0.304. The number of hydrogen-bond donors (Lipinski definition) is 2. The van der Waals surface area contributed by atoms with Crippen LogP contribution in [0.15, 0.2) is 53.3 Å². The highest BCUT2D eigenvalue weighted by atomic mass is 16.2. The van der Waals surface area contributed by atoms with Gasteiger partial charge in [-0.25, -0.2) is 4.98 Å². The predicted molar refractivity (Wildman–Crippen MR) is 118 cm³/mol. The van der Waals surface area contributed by atoms with Gasteiger partial charge in [-0.2, -0.15) is 0 Å². The standard InChI is InChI=1S/C23H26N4O3/c1-3-4-13-27(14-21-25-20-8-6-5-7-19(20)23(30)26-21)15-22(29)24-18-11-9-17(10-12-18)16(2)28/h5-12H,3-4,13-15H2,1-2H3,(H,24,29)(H,25,26,30). The normalized spacial score (nSPS) is 11.0. The van der Waals surface area contributed by atoms with Crippen LogP contribution in [0, 0.1) is 0 Å². The molecule has 2 aromatic carbocycles. The van der Waals surface area contributed by atoms with Crippen molar-refractivity contribution in [1.29, 1.82) is 0 Å². The summed E-state index contributed by atoms with van der Waals surface area (Å²) in [5.41, 5.74) is 1.70. The molecule has 0 spiro atoms. The Bertz CT molecular complexity index is 1090. The molecule has 0 fully saturated rings. The number of nitrogens with one attached hydrogen (secondary N) is 2. The first-order valence-electron chi connectivity index (χ1n) is 10.1. The number of anilines is 1. The molecule has 0 bridgehead atoms. The third kappa shape index (κ3) is 5.61. The van der Waals surface area contributed by atoms with Gasteiger partial charge >= 0.3 is 0 Å². The van der Waals surface area contributed by atoms with Gasteiger partial charge in [-0.05, 0) is 56.3 Å². The Kier molecular flexibility index (Phi) is 7.08. The van der Waals surface area contributed by atoms with E-state index in [4.69, 9.17) is 0 Å². The summed E-state index contributed by atoms with van der Waals surface area (Å²) in [6.07, 6.45) is 1.92. The molecular weight excluding hydrogens is 380 g/mol. The molecule has 0 saturated carbocycles. The Morgan fingerprint density at radius 2 is 1.83 bits per heavy atom. The van der Waals surface area contributed by atoms with Gasteiger partial charge in [0.1, 0.15) is 5.82 Å². The van der Waals surface area contributed by atoms with Crippen LogP contribution in [0.25, 0.3) is 10.9 Å². The Labute approximate surface area is 175 Å². The van der Waals surface area contributed by atoms with E-state index in [1.807, 2.05) is 17.0 Å². The molecule has 0 aliphatic carbocycles. The molecular formula is C23H26N4O3. The summed E-state index contributed by atoms with van der Waals surface area (Å²) in [4.78, 5) is 45.6. The molecule has 1 heterocycles. The Morgan fingerprint density at radius 1 is 1.10 bits per heavy atom. The van der Waals surface area contributed by atoms with E-state index in [1.165, 1.54) is 6.92 Å². The lowest BCUT2D eigenvalue weighted by atomic mass is 10.1. The Hall–Kier alpha value is -3.32. The van der Waals surface area contributed by atoms with Gasteiger partial charge in [0, 0.05) is 11.3 Å². The maximum Gasteiger partial charge on any atom is 0.258 e. The van der Waals surface area contributed by atoms with Crippen LogP contribution in [0.3, 0.4) is 0 Å². The summed E-state index contributed by atoms with van der Waals surface area (Å²) in [5.74, 6) is 0.355. The summed E-state index contributed by atoms with van der Waals surface area (Å²) in [6, 6.07) is 14.0. The van der Waals surface area contributed by atoms with Crippen LogP contribution >= 0.6 is 0 Å². The van der Waals surface area contributed by atoms with E-state index in [9.17, 15) is 14.4 Å². The lowest BCUT2D eigenvalue weighted by Crippen LogP contribution is -2.34. The number of carbonyl (C=O) groups is 2. The molecule has 3 rings (SSSR count). The van der Waals surface area contributed by atoms with E-state index in [2.05, 4.69) is 22.2 Å². The highest BCUT2D eigenvalue weighted by molar-refractivity contribution is 5.96. The number of hydrogen-bond acceptors (Lipinski definition) is 5. The molecule has 0 aliphatic rings. The van der Waals surface area contributed by atoms with Crippen LogP contribution in [0.5, 0.6) is 0 Å². The second kappa shape index (κ2) is 9.93. The van der Waals surface area contributed by atoms with E-state index < -0.39 is 0 Å². The molecule has 2 N–H and O–H groups in total. The van der Waals surface area contributed by atoms with Gasteiger partial charge in [-0.1, -0.05) is 25.5 Å². The molecule has 7 nitrogen and oxygen atoms in total. The average Bonchev–Trinajstić information content (AvgIpc) is 2.72. The van der Waals surface area contributed by atoms with Gasteiger partial charge in [0.25, 0.3) is 5.56 Å². The highest BCUT2D eigenvalue weighted by Gasteiger charge is 2.14. The van der Waals surface area contributed by atoms with Crippen LogP contribution in [-0.2, 0) is 11.3 Å². The minimum Gasteiger partial charge on any atom is -0.325 e. The first-order valence-corrected chi connectivity index (χ1v) is 10.1. The molecule has 0 atom stereocenters. The SMILES string of the molecule is CCCCN(CC(=O)Nc1ccc(C(C)=O)cc1)Cc1nc2ccccc2c(=O)[nH]1. The molecule has 1 amide bonds. The molecule has 0 radical (unpaired) electrons. The maximum absolute atomic E-state index is 12.6. The predicted octanol–water partition coefficient (Wildman–Crippen LogP) is 3.37. The number of Topliss-reactive ketones (excluding diaryl/α,β-unsaturated/α-hetero) is 1. The second-order valence-corrected chi connectivity index (χ2v) is 7.28. The lowest BCUT2D eigenvalue weighted by Gasteiger charge is -2.21. The van der Waals surface area contributed by atoms with Crippen molar-refractivity contribution in [3.05, 3.63) is 70.3 Å². The van der Waals surface area contributed by atoms with Crippen molar-refractivity contribution in [2.24, 2.45) is 0 Å². The van der Waals surface area contributed by atoms with Crippen molar-refractivity contribution in [3.8, 4) is 0 Å². The smallest absolute Gasteiger partial charge is 0.258 e. The number of unbranched alkanes of at least 4 members (excludes halogenated alkanes) is 1. The molecule has 0 aliphatic heterocycles. The number of fused-ring (bicyclic) bond motifs is 1. The zero-order valence-corrected chi connectivity index (χ0v) is 17.3. The number of benzene rings is 2. The fourth-order valence-corrected chi connectivity index (χ4v) is 3.21. The lowest BCUT2D eigenvalue weighted by molar-refractivity contribution is -0.117. The molecule has 0 saturated heterocycles. The van der Waals surface area contributed by atoms with E-state index >= 15 is 0 Å². The van der Waals surface area contributed by atoms with Crippen molar-refractivity contribution in [2.45, 2.75) is 33.2 Å². The monoisotopic (exact) mass is 406 g/mol. The van der Waals surface area contributed by atoms with Crippen LogP contribution in [0.4, 0.5) is 5.69 Å². The molecule has 7 heteroatoms. The number of aromatic nitrogens is 2. The maximum atomic E-state index is 12.6. The van der Waals surface area contributed by atoms with E-state index in [0.29, 0.717) is 41.1 Å². The fourth-order valence-electron chi connectivity index (χ4n) is 3.21. The van der Waals surface area contributed by atoms with Crippen molar-refractivity contribution >= 4 is 28.3 Å². The van der Waals surface area contributed by atoms with Crippen LogP contribution in [0.2, 0.25) is 0 Å². The summed E-state index contributed by atoms with van der Waals surface area (Å²) < 4.78 is 0. The first-order chi connectivity index (χ1) is 14.5. The number of amides is 1. The first kappa shape index (κ1) is 21.4. The number of para-hydroxylation sites is 1. The molecule has 30 heavy (non-hydrogen) atoms. The van der Waals surface area contributed by atoms with Crippen molar-refractivity contribution < 1.29 is 9.59 Å². The number of aromatic amines is 1. The molecule has 0 unspecified atom stereocenters. The molecule has 1 aromatic heterocycles. The number of H-pyrrole nitrogens is 1. The van der Waals surface area contributed by atoms with Crippen molar-refractivity contribution in [2.75, 3.05) is 18.4 Å². The van der Waals surface area contributed by atoms with Gasteiger partial charge < -0.3 is 10.3 Å². The summed E-state index contributed by atoms with van der Waals surface area (Å²) >= 11 is 0. The van der Waals surface area contributed by atoms with E-state index in [-0.39, 0.29) is 23.8 Å². The van der Waals surface area contributed by atoms with Crippen molar-refractivity contribution in [3.63, 3.8) is 0 Å². The quantitative estimate of drug-likeness (QED) is 0.531. The summed E-state index contributed by atoms with van der Waals surface area (Å²) in [7, 11) is 0. The molecule has 156 valence electrons. The van der Waals surface area contributed by atoms with Crippen LogP contribution in [0.1, 0.15) is 42.9 Å². The summed E-state index contributed by atoms with van der Waals surface area (Å²) in [5, 5.41) is 3.41. The van der Waals surface area contributed by atoms with E-state index in [0.717, 1.165) is 12.8 Å². The highest BCUT2D eigenvalue weighted by Crippen LogP contribution is 2.11. The zero-order chi connectivity index (χ0) is 21.5. The van der Waals surface area contributed by atoms with Crippen LogP contribution in [-0.4, -0.2) is 39.6 Å². The zero-order valence-electron chi connectivity index (χ0n) is 17.3. The van der Waals surface area contributed by atoms with Gasteiger partial charge in [0.2, 0.25) is 5.91 Å². The van der Waals surface area contributed by atoms with Crippen LogP contribution < -0.4 is 10.9 Å². The van der Waals surface area contributed by atoms with Gasteiger partial charge in [0.05, 0.1) is 24.0 Å². The van der Waals surface area contributed by atoms with Gasteiger partial charge in [-0.3, -0.25) is 19.3 Å². The number of nitrogens with zero attached hydrogens (tertiary/aromatic N) is 2. The minimum absolute atomic E-state index is 0.0181. The Morgan fingerprint density at radius 3 is 2.53 bits per heavy atom. The van der Waals surface area contributed by atoms with Gasteiger partial charge in [-0.15, -0.1) is 0 Å². The summed E-state index contributed by atoms with van der Waals surface area (Å²) in [6.45, 7) is 4.85. The average molecular weight is 406 g/mol. The third-order valence-electron chi connectivity index (χ3n) is 4.81.